The Morgan fingerprint density at radius 2 is 1.12 bits per heavy atom. The van der Waals surface area contributed by atoms with Gasteiger partial charge in [-0.15, -0.1) is 0 Å². The van der Waals surface area contributed by atoms with Gasteiger partial charge in [0.15, 0.2) is 0 Å². The molecule has 0 aliphatic carbocycles. The molecule has 0 spiro atoms. The monoisotopic (exact) mass is 262 g/mol. The van der Waals surface area contributed by atoms with E-state index in [1.165, 1.54) is 0 Å². The minimum atomic E-state index is -3.76. The van der Waals surface area contributed by atoms with Gasteiger partial charge in [-0.25, -0.2) is 0 Å². The molecule has 0 aliphatic heterocycles. The van der Waals surface area contributed by atoms with Gasteiger partial charge in [-0.1, -0.05) is 38.5 Å². The number of unbranched alkanes of at least 4 members (excludes halogenated alkanes) is 7. The van der Waals surface area contributed by atoms with Gasteiger partial charge in [0.25, 0.3) is 10.1 Å². The summed E-state index contributed by atoms with van der Waals surface area (Å²) in [4.78, 5) is 0. The van der Waals surface area contributed by atoms with Crippen molar-refractivity contribution in [2.45, 2.75) is 51.4 Å². The molecular formula is C10H23NaO4S. The third kappa shape index (κ3) is 17.3. The van der Waals surface area contributed by atoms with Crippen molar-refractivity contribution in [3.63, 3.8) is 0 Å². The van der Waals surface area contributed by atoms with E-state index in [-0.39, 0.29) is 41.9 Å². The molecule has 0 fully saturated rings. The topological polar surface area (TPSA) is 74.6 Å². The van der Waals surface area contributed by atoms with E-state index in [9.17, 15) is 8.42 Å². The fourth-order valence-corrected chi connectivity index (χ4v) is 2.03. The van der Waals surface area contributed by atoms with Crippen LogP contribution in [0.2, 0.25) is 0 Å². The molecule has 16 heavy (non-hydrogen) atoms. The van der Waals surface area contributed by atoms with E-state index in [1.807, 2.05) is 0 Å². The van der Waals surface area contributed by atoms with E-state index in [1.54, 1.807) is 0 Å². The van der Waals surface area contributed by atoms with Gasteiger partial charge >= 0.3 is 29.6 Å². The molecule has 0 aromatic heterocycles. The predicted molar refractivity (Wildman–Crippen MR) is 67.6 cm³/mol. The third-order valence-corrected chi connectivity index (χ3v) is 3.11. The Hall–Kier alpha value is 0.870. The van der Waals surface area contributed by atoms with Crippen LogP contribution in [0, 0.1) is 0 Å². The zero-order valence-corrected chi connectivity index (χ0v) is 10.0. The van der Waals surface area contributed by atoms with Crippen LogP contribution >= 0.6 is 0 Å². The molecule has 0 aliphatic rings. The normalized spacial score (nSPS) is 11.1. The van der Waals surface area contributed by atoms with Gasteiger partial charge in [0.05, 0.1) is 5.75 Å². The number of hydrogen-bond donors (Lipinski definition) is 2. The fourth-order valence-electron chi connectivity index (χ4n) is 1.46. The summed E-state index contributed by atoms with van der Waals surface area (Å²) in [6.07, 6.45) is 7.77. The molecule has 0 saturated heterocycles. The van der Waals surface area contributed by atoms with Gasteiger partial charge in [0, 0.05) is 6.61 Å². The average molecular weight is 262 g/mol. The second kappa shape index (κ2) is 12.3. The van der Waals surface area contributed by atoms with Crippen molar-refractivity contribution >= 4 is 39.7 Å². The summed E-state index contributed by atoms with van der Waals surface area (Å²) in [5, 5.41) is 8.53. The van der Waals surface area contributed by atoms with Crippen LogP contribution in [0.15, 0.2) is 0 Å². The Kier molecular flexibility index (Phi) is 14.8. The van der Waals surface area contributed by atoms with Crippen molar-refractivity contribution in [2.75, 3.05) is 12.4 Å². The zero-order chi connectivity index (χ0) is 11.6. The van der Waals surface area contributed by atoms with E-state index in [0.717, 1.165) is 44.9 Å². The van der Waals surface area contributed by atoms with Crippen molar-refractivity contribution in [1.29, 1.82) is 0 Å². The molecule has 0 bridgehead atoms. The molecular weight excluding hydrogens is 239 g/mol. The van der Waals surface area contributed by atoms with Gasteiger partial charge in [0.2, 0.25) is 0 Å². The summed E-state index contributed by atoms with van der Waals surface area (Å²) in [6.45, 7) is 0.272. The molecule has 0 aromatic rings. The molecule has 0 radical (unpaired) electrons. The summed E-state index contributed by atoms with van der Waals surface area (Å²) in [6, 6.07) is 0. The Morgan fingerprint density at radius 1 is 0.750 bits per heavy atom. The second-order valence-corrected chi connectivity index (χ2v) is 5.41. The standard InChI is InChI=1S/C10H22O4S.Na.H/c11-9-7-5-3-1-2-4-6-8-10-15(12,13)14;;/h11H,1-10H2,(H,12,13,14);;. The van der Waals surface area contributed by atoms with Crippen molar-refractivity contribution in [1.82, 2.24) is 0 Å². The number of aliphatic hydroxyl groups excluding tert-OH is 1. The minimum absolute atomic E-state index is 0. The van der Waals surface area contributed by atoms with Gasteiger partial charge in [-0.05, 0) is 12.8 Å². The molecule has 0 rings (SSSR count). The van der Waals surface area contributed by atoms with Crippen LogP contribution in [0.25, 0.3) is 0 Å². The van der Waals surface area contributed by atoms with E-state index in [0.29, 0.717) is 6.42 Å². The summed E-state index contributed by atoms with van der Waals surface area (Å²) in [5.74, 6) is -0.114. The molecule has 0 unspecified atom stereocenters. The third-order valence-electron chi connectivity index (χ3n) is 2.31. The van der Waals surface area contributed by atoms with Gasteiger partial charge in [0.1, 0.15) is 0 Å². The maximum atomic E-state index is 10.4. The van der Waals surface area contributed by atoms with Crippen LogP contribution in [0.3, 0.4) is 0 Å². The molecule has 0 heterocycles. The quantitative estimate of drug-likeness (QED) is 0.354. The molecule has 0 atom stereocenters. The first-order valence-corrected chi connectivity index (χ1v) is 7.23. The van der Waals surface area contributed by atoms with E-state index in [2.05, 4.69) is 0 Å². The first-order chi connectivity index (χ1) is 7.06. The molecule has 0 amide bonds. The number of rotatable bonds is 10. The summed E-state index contributed by atoms with van der Waals surface area (Å²) in [7, 11) is -3.76. The SMILES string of the molecule is O=S(=O)(O)CCCCCCCCCCO.[NaH]. The zero-order valence-electron chi connectivity index (χ0n) is 9.19. The Bertz CT molecular complexity index is 229. The number of aliphatic hydroxyl groups is 1. The summed E-state index contributed by atoms with van der Waals surface area (Å²) < 4.78 is 29.2. The Labute approximate surface area is 121 Å². The molecule has 2 N–H and O–H groups in total. The Morgan fingerprint density at radius 3 is 1.50 bits per heavy atom. The van der Waals surface area contributed by atoms with E-state index >= 15 is 0 Å². The summed E-state index contributed by atoms with van der Waals surface area (Å²) in [5.41, 5.74) is 0. The summed E-state index contributed by atoms with van der Waals surface area (Å²) >= 11 is 0. The molecule has 4 nitrogen and oxygen atoms in total. The van der Waals surface area contributed by atoms with Crippen molar-refractivity contribution < 1.29 is 18.1 Å². The Balaban J connectivity index is 0. The van der Waals surface area contributed by atoms with Gasteiger partial charge in [-0.3, -0.25) is 4.55 Å². The molecule has 0 saturated carbocycles. The average Bonchev–Trinajstić information content (AvgIpc) is 2.14. The van der Waals surface area contributed by atoms with Crippen LogP contribution < -0.4 is 0 Å². The van der Waals surface area contributed by atoms with Gasteiger partial charge in [-0.2, -0.15) is 8.42 Å². The van der Waals surface area contributed by atoms with Crippen LogP contribution in [-0.4, -0.2) is 60.0 Å². The molecule has 94 valence electrons. The van der Waals surface area contributed by atoms with Crippen molar-refractivity contribution in [3.05, 3.63) is 0 Å². The maximum absolute atomic E-state index is 10.4. The predicted octanol–water partition coefficient (Wildman–Crippen LogP) is 1.34. The van der Waals surface area contributed by atoms with Crippen LogP contribution in [0.4, 0.5) is 0 Å². The van der Waals surface area contributed by atoms with Crippen LogP contribution in [0.5, 0.6) is 0 Å². The van der Waals surface area contributed by atoms with Gasteiger partial charge < -0.3 is 5.11 Å². The molecule has 6 heteroatoms. The first kappa shape index (κ1) is 19.2. The number of hydrogen-bond acceptors (Lipinski definition) is 3. The van der Waals surface area contributed by atoms with Crippen LogP contribution in [0.1, 0.15) is 51.4 Å². The van der Waals surface area contributed by atoms with Crippen LogP contribution in [-0.2, 0) is 10.1 Å². The van der Waals surface area contributed by atoms with E-state index in [4.69, 9.17) is 9.66 Å². The van der Waals surface area contributed by atoms with Crippen molar-refractivity contribution in [3.8, 4) is 0 Å². The second-order valence-electron chi connectivity index (χ2n) is 3.84. The van der Waals surface area contributed by atoms with Crippen molar-refractivity contribution in [2.24, 2.45) is 0 Å². The first-order valence-electron chi connectivity index (χ1n) is 5.62. The van der Waals surface area contributed by atoms with E-state index < -0.39 is 10.1 Å². The fraction of sp³-hybridized carbons (Fsp3) is 1.00. The molecule has 0 aromatic carbocycles.